The van der Waals surface area contributed by atoms with Gasteiger partial charge in [-0.15, -0.1) is 0 Å². The third kappa shape index (κ3) is 3.44. The Morgan fingerprint density at radius 2 is 1.91 bits per heavy atom. The van der Waals surface area contributed by atoms with Crippen LogP contribution in [0.25, 0.3) is 0 Å². The van der Waals surface area contributed by atoms with E-state index in [0.29, 0.717) is 6.54 Å². The maximum Gasteiger partial charge on any atom is 0.236 e. The van der Waals surface area contributed by atoms with Crippen molar-refractivity contribution >= 4 is 5.91 Å². The molecule has 1 aromatic rings. The molecule has 0 N–H and O–H groups in total. The van der Waals surface area contributed by atoms with Gasteiger partial charge in [-0.2, -0.15) is 0 Å². The van der Waals surface area contributed by atoms with Crippen molar-refractivity contribution in [3.8, 4) is 11.5 Å². The van der Waals surface area contributed by atoms with E-state index in [4.69, 9.17) is 9.47 Å². The van der Waals surface area contributed by atoms with Crippen molar-refractivity contribution < 1.29 is 14.3 Å². The van der Waals surface area contributed by atoms with Crippen LogP contribution >= 0.6 is 0 Å². The van der Waals surface area contributed by atoms with E-state index < -0.39 is 0 Å². The molecule has 0 aliphatic carbocycles. The van der Waals surface area contributed by atoms with Crippen LogP contribution in [-0.4, -0.2) is 56.1 Å². The lowest BCUT2D eigenvalue weighted by atomic mass is 10.0. The Morgan fingerprint density at radius 3 is 2.61 bits per heavy atom. The van der Waals surface area contributed by atoms with Crippen molar-refractivity contribution in [2.75, 3.05) is 40.4 Å². The van der Waals surface area contributed by atoms with Crippen LogP contribution < -0.4 is 9.47 Å². The van der Waals surface area contributed by atoms with Crippen LogP contribution in [-0.2, 0) is 4.79 Å². The Labute approximate surface area is 138 Å². The maximum atomic E-state index is 12.5. The molecule has 1 amide bonds. The van der Waals surface area contributed by atoms with Gasteiger partial charge in [-0.25, -0.2) is 0 Å². The summed E-state index contributed by atoms with van der Waals surface area (Å²) in [5.41, 5.74) is 1.12. The second kappa shape index (κ2) is 7.21. The Hall–Kier alpha value is -1.75. The van der Waals surface area contributed by atoms with Crippen molar-refractivity contribution in [3.05, 3.63) is 23.8 Å². The number of hydrogen-bond acceptors (Lipinski definition) is 4. The summed E-state index contributed by atoms with van der Waals surface area (Å²) in [5, 5.41) is 0. The van der Waals surface area contributed by atoms with E-state index in [1.165, 1.54) is 0 Å². The average Bonchev–Trinajstić information content (AvgIpc) is 3.25. The summed E-state index contributed by atoms with van der Waals surface area (Å²) in [7, 11) is 3.37. The molecule has 2 saturated heterocycles. The molecule has 5 heteroatoms. The second-order valence-electron chi connectivity index (χ2n) is 6.32. The molecular weight excluding hydrogens is 292 g/mol. The third-order valence-corrected chi connectivity index (χ3v) is 4.96. The standard InChI is InChI=1S/C18H26N2O3/c1-22-14-7-8-17(23-2)15(12-14)16-6-5-11-20(16)13-18(21)19-9-3-4-10-19/h7-8,12,16H,3-6,9-11,13H2,1-2H3. The predicted molar refractivity (Wildman–Crippen MR) is 88.9 cm³/mol. The average molecular weight is 318 g/mol. The second-order valence-corrected chi connectivity index (χ2v) is 6.32. The van der Waals surface area contributed by atoms with Gasteiger partial charge >= 0.3 is 0 Å². The monoisotopic (exact) mass is 318 g/mol. The molecule has 23 heavy (non-hydrogen) atoms. The number of methoxy groups -OCH3 is 2. The first-order valence-corrected chi connectivity index (χ1v) is 8.46. The number of amides is 1. The molecule has 0 bridgehead atoms. The maximum absolute atomic E-state index is 12.5. The Bertz CT molecular complexity index is 555. The van der Waals surface area contributed by atoms with E-state index >= 15 is 0 Å². The molecule has 1 unspecified atom stereocenters. The Morgan fingerprint density at radius 1 is 1.13 bits per heavy atom. The molecule has 2 aliphatic rings. The zero-order chi connectivity index (χ0) is 16.2. The third-order valence-electron chi connectivity index (χ3n) is 4.96. The molecule has 1 atom stereocenters. The fraction of sp³-hybridized carbons (Fsp3) is 0.611. The predicted octanol–water partition coefficient (Wildman–Crippen LogP) is 2.46. The molecule has 2 fully saturated rings. The summed E-state index contributed by atoms with van der Waals surface area (Å²) in [6, 6.07) is 6.14. The van der Waals surface area contributed by atoms with Gasteiger partial charge in [0.15, 0.2) is 0 Å². The van der Waals surface area contributed by atoms with E-state index in [2.05, 4.69) is 4.90 Å². The highest BCUT2D eigenvalue weighted by atomic mass is 16.5. The van der Waals surface area contributed by atoms with Crippen molar-refractivity contribution in [2.45, 2.75) is 31.7 Å². The van der Waals surface area contributed by atoms with Crippen LogP contribution in [0.1, 0.15) is 37.3 Å². The zero-order valence-electron chi connectivity index (χ0n) is 14.1. The van der Waals surface area contributed by atoms with Crippen molar-refractivity contribution in [1.29, 1.82) is 0 Å². The lowest BCUT2D eigenvalue weighted by Gasteiger charge is -2.27. The van der Waals surface area contributed by atoms with Gasteiger partial charge in [-0.3, -0.25) is 9.69 Å². The van der Waals surface area contributed by atoms with Crippen molar-refractivity contribution in [1.82, 2.24) is 9.80 Å². The van der Waals surface area contributed by atoms with E-state index in [1.807, 2.05) is 23.1 Å². The molecule has 0 spiro atoms. The lowest BCUT2D eigenvalue weighted by Crippen LogP contribution is -2.38. The fourth-order valence-electron chi connectivity index (χ4n) is 3.71. The summed E-state index contributed by atoms with van der Waals surface area (Å²) in [6.45, 7) is 3.30. The first-order valence-electron chi connectivity index (χ1n) is 8.46. The summed E-state index contributed by atoms with van der Waals surface area (Å²) in [5.74, 6) is 1.96. The summed E-state index contributed by atoms with van der Waals surface area (Å²) in [6.07, 6.45) is 4.44. The van der Waals surface area contributed by atoms with Crippen LogP contribution in [0.5, 0.6) is 11.5 Å². The van der Waals surface area contributed by atoms with Gasteiger partial charge in [-0.05, 0) is 50.4 Å². The number of ether oxygens (including phenoxy) is 2. The first-order chi connectivity index (χ1) is 11.2. The minimum Gasteiger partial charge on any atom is -0.497 e. The molecule has 5 nitrogen and oxygen atoms in total. The molecule has 3 rings (SSSR count). The number of carbonyl (C=O) groups excluding carboxylic acids is 1. The zero-order valence-corrected chi connectivity index (χ0v) is 14.1. The summed E-state index contributed by atoms with van der Waals surface area (Å²) in [4.78, 5) is 16.8. The van der Waals surface area contributed by atoms with Gasteiger partial charge in [0.25, 0.3) is 0 Å². The van der Waals surface area contributed by atoms with Gasteiger partial charge < -0.3 is 14.4 Å². The normalized spacial score (nSPS) is 21.7. The van der Waals surface area contributed by atoms with Crippen LogP contribution in [0.2, 0.25) is 0 Å². The number of nitrogens with zero attached hydrogens (tertiary/aromatic N) is 2. The van der Waals surface area contributed by atoms with Crippen LogP contribution in [0, 0.1) is 0 Å². The van der Waals surface area contributed by atoms with E-state index in [1.54, 1.807) is 14.2 Å². The highest BCUT2D eigenvalue weighted by Crippen LogP contribution is 2.38. The summed E-state index contributed by atoms with van der Waals surface area (Å²) < 4.78 is 10.9. The Balaban J connectivity index is 1.76. The van der Waals surface area contributed by atoms with E-state index in [9.17, 15) is 4.79 Å². The van der Waals surface area contributed by atoms with Crippen molar-refractivity contribution in [3.63, 3.8) is 0 Å². The van der Waals surface area contributed by atoms with Crippen LogP contribution in [0.3, 0.4) is 0 Å². The number of rotatable bonds is 5. The molecule has 0 aromatic heterocycles. The number of benzene rings is 1. The Kier molecular flexibility index (Phi) is 5.06. The van der Waals surface area contributed by atoms with Gasteiger partial charge in [0, 0.05) is 24.7 Å². The van der Waals surface area contributed by atoms with Gasteiger partial charge in [0.05, 0.1) is 20.8 Å². The first kappa shape index (κ1) is 16.1. The largest absolute Gasteiger partial charge is 0.497 e. The van der Waals surface area contributed by atoms with E-state index in [0.717, 1.165) is 62.4 Å². The van der Waals surface area contributed by atoms with Crippen LogP contribution in [0.15, 0.2) is 18.2 Å². The SMILES string of the molecule is COc1ccc(OC)c(C2CCCN2CC(=O)N2CCCC2)c1. The smallest absolute Gasteiger partial charge is 0.236 e. The number of carbonyl (C=O) groups is 1. The van der Waals surface area contributed by atoms with Gasteiger partial charge in [0.2, 0.25) is 5.91 Å². The molecule has 126 valence electrons. The molecule has 2 aliphatic heterocycles. The minimum absolute atomic E-state index is 0.228. The minimum atomic E-state index is 0.228. The molecule has 0 saturated carbocycles. The fourth-order valence-corrected chi connectivity index (χ4v) is 3.71. The molecule has 2 heterocycles. The van der Waals surface area contributed by atoms with Gasteiger partial charge in [-0.1, -0.05) is 0 Å². The summed E-state index contributed by atoms with van der Waals surface area (Å²) >= 11 is 0. The van der Waals surface area contributed by atoms with E-state index in [-0.39, 0.29) is 11.9 Å². The highest BCUT2D eigenvalue weighted by Gasteiger charge is 2.31. The number of likely N-dealkylation sites (tertiary alicyclic amines) is 2. The highest BCUT2D eigenvalue weighted by molar-refractivity contribution is 5.78. The van der Waals surface area contributed by atoms with Crippen molar-refractivity contribution in [2.24, 2.45) is 0 Å². The lowest BCUT2D eigenvalue weighted by molar-refractivity contribution is -0.131. The topological polar surface area (TPSA) is 42.0 Å². The molecular formula is C18H26N2O3. The number of hydrogen-bond donors (Lipinski definition) is 0. The molecule has 1 aromatic carbocycles. The molecule has 0 radical (unpaired) electrons. The quantitative estimate of drug-likeness (QED) is 0.836. The van der Waals surface area contributed by atoms with Gasteiger partial charge in [0.1, 0.15) is 11.5 Å². The van der Waals surface area contributed by atoms with Crippen LogP contribution in [0.4, 0.5) is 0 Å².